The lowest BCUT2D eigenvalue weighted by Gasteiger charge is -2.36. The zero-order valence-electron chi connectivity index (χ0n) is 13.3. The van der Waals surface area contributed by atoms with Crippen LogP contribution < -0.4 is 10.2 Å². The highest BCUT2D eigenvalue weighted by molar-refractivity contribution is 6.04. The number of nitrogens with one attached hydrogen (secondary N) is 1. The van der Waals surface area contributed by atoms with Gasteiger partial charge in [-0.1, -0.05) is 6.58 Å². The molecule has 1 N–H and O–H groups in total. The lowest BCUT2D eigenvalue weighted by molar-refractivity contribution is -0.137. The molecule has 0 aromatic heterocycles. The molecule has 3 nitrogen and oxygen atoms in total. The zero-order valence-corrected chi connectivity index (χ0v) is 13.3. The van der Waals surface area contributed by atoms with E-state index < -0.39 is 17.6 Å². The van der Waals surface area contributed by atoms with E-state index in [1.165, 1.54) is 13.0 Å². The molecule has 1 amide bonds. The summed E-state index contributed by atoms with van der Waals surface area (Å²) in [6.45, 7) is 7.86. The van der Waals surface area contributed by atoms with Crippen molar-refractivity contribution in [2.45, 2.75) is 45.3 Å². The smallest absolute Gasteiger partial charge is 0.367 e. The monoisotopic (exact) mass is 326 g/mol. The summed E-state index contributed by atoms with van der Waals surface area (Å²) in [4.78, 5) is 13.9. The van der Waals surface area contributed by atoms with Gasteiger partial charge in [0.1, 0.15) is 0 Å². The predicted octanol–water partition coefficient (Wildman–Crippen LogP) is 4.60. The van der Waals surface area contributed by atoms with Crippen molar-refractivity contribution in [2.24, 2.45) is 0 Å². The van der Waals surface area contributed by atoms with E-state index in [2.05, 4.69) is 16.8 Å². The van der Waals surface area contributed by atoms with Gasteiger partial charge >= 0.3 is 6.18 Å². The number of rotatable bonds is 3. The largest absolute Gasteiger partial charge is 0.416 e. The second-order valence-corrected chi connectivity index (χ2v) is 6.00. The number of hydrogen-bond donors (Lipinski definition) is 1. The van der Waals surface area contributed by atoms with Crippen LogP contribution in [0.3, 0.4) is 0 Å². The number of carbonyl (C=O) groups is 1. The minimum Gasteiger partial charge on any atom is -0.367 e. The maximum Gasteiger partial charge on any atom is 0.416 e. The van der Waals surface area contributed by atoms with E-state index in [4.69, 9.17) is 0 Å². The third-order valence-corrected chi connectivity index (χ3v) is 4.07. The van der Waals surface area contributed by atoms with Crippen molar-refractivity contribution >= 4 is 17.3 Å². The molecule has 6 heteroatoms. The first kappa shape index (κ1) is 17.4. The molecule has 1 aliphatic heterocycles. The van der Waals surface area contributed by atoms with Crippen LogP contribution in [0.5, 0.6) is 0 Å². The van der Waals surface area contributed by atoms with Crippen LogP contribution in [0.1, 0.15) is 38.7 Å². The molecule has 0 bridgehead atoms. The molecule has 1 atom stereocenters. The number of alkyl halides is 3. The highest BCUT2D eigenvalue weighted by Crippen LogP contribution is 2.37. The highest BCUT2D eigenvalue weighted by atomic mass is 19.4. The average Bonchev–Trinajstić information content (AvgIpc) is 2.47. The van der Waals surface area contributed by atoms with Crippen molar-refractivity contribution in [2.75, 3.05) is 16.8 Å². The molecular formula is C17H21F3N2O. The van der Waals surface area contributed by atoms with Crippen LogP contribution in [-0.2, 0) is 11.0 Å². The van der Waals surface area contributed by atoms with Crippen molar-refractivity contribution in [3.63, 3.8) is 0 Å². The van der Waals surface area contributed by atoms with Crippen molar-refractivity contribution < 1.29 is 18.0 Å². The van der Waals surface area contributed by atoms with Gasteiger partial charge in [0.05, 0.1) is 16.9 Å². The molecule has 1 aromatic carbocycles. The summed E-state index contributed by atoms with van der Waals surface area (Å²) in [6.07, 6.45) is -1.38. The quantitative estimate of drug-likeness (QED) is 0.823. The van der Waals surface area contributed by atoms with Crippen LogP contribution in [0.25, 0.3) is 0 Å². The normalized spacial score (nSPS) is 18.7. The highest BCUT2D eigenvalue weighted by Gasteiger charge is 2.32. The fraction of sp³-hybridized carbons (Fsp3) is 0.471. The van der Waals surface area contributed by atoms with Crippen molar-refractivity contribution in [3.8, 4) is 0 Å². The Morgan fingerprint density at radius 1 is 1.35 bits per heavy atom. The molecule has 0 saturated carbocycles. The van der Waals surface area contributed by atoms with Gasteiger partial charge in [-0.15, -0.1) is 0 Å². The van der Waals surface area contributed by atoms with E-state index in [0.29, 0.717) is 5.69 Å². The Hall–Kier alpha value is -1.98. The molecule has 23 heavy (non-hydrogen) atoms. The number of halogens is 3. The van der Waals surface area contributed by atoms with Gasteiger partial charge in [-0.05, 0) is 51.3 Å². The van der Waals surface area contributed by atoms with E-state index in [9.17, 15) is 18.0 Å². The van der Waals surface area contributed by atoms with Gasteiger partial charge in [0, 0.05) is 18.2 Å². The number of piperidine rings is 1. The van der Waals surface area contributed by atoms with Crippen LogP contribution in [0.15, 0.2) is 30.4 Å². The van der Waals surface area contributed by atoms with Crippen molar-refractivity contribution in [3.05, 3.63) is 35.9 Å². The zero-order chi connectivity index (χ0) is 17.2. The average molecular weight is 326 g/mol. The fourth-order valence-electron chi connectivity index (χ4n) is 2.75. The third-order valence-electron chi connectivity index (χ3n) is 4.07. The predicted molar refractivity (Wildman–Crippen MR) is 85.5 cm³/mol. The van der Waals surface area contributed by atoms with Crippen LogP contribution in [0.4, 0.5) is 24.5 Å². The lowest BCUT2D eigenvalue weighted by Crippen LogP contribution is -2.38. The molecule has 1 unspecified atom stereocenters. The summed E-state index contributed by atoms with van der Waals surface area (Å²) in [5.41, 5.74) is 0.282. The van der Waals surface area contributed by atoms with E-state index in [1.54, 1.807) is 0 Å². The Bertz CT molecular complexity index is 610. The summed E-state index contributed by atoms with van der Waals surface area (Å²) in [5, 5.41) is 2.56. The lowest BCUT2D eigenvalue weighted by atomic mass is 10.0. The maximum absolute atomic E-state index is 13.0. The number of amides is 1. The van der Waals surface area contributed by atoms with Gasteiger partial charge in [0.15, 0.2) is 0 Å². The Morgan fingerprint density at radius 3 is 2.61 bits per heavy atom. The number of anilines is 2. The first-order chi connectivity index (χ1) is 10.7. The standard InChI is InChI=1S/C17H21F3N2O/c1-11(2)16(23)21-14-10-13(17(18,19)20)7-8-15(14)22-9-5-4-6-12(22)3/h7-8,10,12H,1,4-6,9H2,2-3H3,(H,21,23). The van der Waals surface area contributed by atoms with E-state index in [1.807, 2.05) is 6.92 Å². The van der Waals surface area contributed by atoms with E-state index in [-0.39, 0.29) is 17.3 Å². The Kier molecular flexibility index (Phi) is 5.02. The SMILES string of the molecule is C=C(C)C(=O)Nc1cc(C(F)(F)F)ccc1N1CCCCC1C. The maximum atomic E-state index is 13.0. The Morgan fingerprint density at radius 2 is 2.04 bits per heavy atom. The summed E-state index contributed by atoms with van der Waals surface area (Å²) >= 11 is 0. The molecule has 1 aromatic rings. The van der Waals surface area contributed by atoms with E-state index in [0.717, 1.165) is 37.9 Å². The number of hydrogen-bond acceptors (Lipinski definition) is 2. The van der Waals surface area contributed by atoms with Gasteiger partial charge in [-0.25, -0.2) is 0 Å². The number of carbonyl (C=O) groups excluding carboxylic acids is 1. The first-order valence-corrected chi connectivity index (χ1v) is 7.65. The number of benzene rings is 1. The molecule has 0 spiro atoms. The van der Waals surface area contributed by atoms with Gasteiger partial charge in [0.25, 0.3) is 5.91 Å². The van der Waals surface area contributed by atoms with Crippen LogP contribution in [0.2, 0.25) is 0 Å². The second-order valence-electron chi connectivity index (χ2n) is 6.00. The second kappa shape index (κ2) is 6.64. The first-order valence-electron chi connectivity index (χ1n) is 7.65. The molecular weight excluding hydrogens is 305 g/mol. The number of nitrogens with zero attached hydrogens (tertiary/aromatic N) is 1. The molecule has 1 aliphatic rings. The minimum absolute atomic E-state index is 0.182. The van der Waals surface area contributed by atoms with Gasteiger partial charge in [0.2, 0.25) is 0 Å². The topological polar surface area (TPSA) is 32.3 Å². The summed E-state index contributed by atoms with van der Waals surface area (Å²) in [7, 11) is 0. The fourth-order valence-corrected chi connectivity index (χ4v) is 2.75. The minimum atomic E-state index is -4.45. The van der Waals surface area contributed by atoms with Crippen LogP contribution in [-0.4, -0.2) is 18.5 Å². The van der Waals surface area contributed by atoms with Gasteiger partial charge in [-0.2, -0.15) is 13.2 Å². The third kappa shape index (κ3) is 4.06. The van der Waals surface area contributed by atoms with Crippen LogP contribution >= 0.6 is 0 Å². The van der Waals surface area contributed by atoms with Gasteiger partial charge in [-0.3, -0.25) is 4.79 Å². The van der Waals surface area contributed by atoms with Crippen molar-refractivity contribution in [1.82, 2.24) is 0 Å². The summed E-state index contributed by atoms with van der Waals surface area (Å²) < 4.78 is 38.9. The molecule has 1 saturated heterocycles. The van der Waals surface area contributed by atoms with E-state index >= 15 is 0 Å². The van der Waals surface area contributed by atoms with Crippen molar-refractivity contribution in [1.29, 1.82) is 0 Å². The molecule has 126 valence electrons. The van der Waals surface area contributed by atoms with Gasteiger partial charge < -0.3 is 10.2 Å². The van der Waals surface area contributed by atoms with Crippen LogP contribution in [0, 0.1) is 0 Å². The molecule has 2 rings (SSSR count). The molecule has 0 radical (unpaired) electrons. The molecule has 0 aliphatic carbocycles. The Labute approximate surface area is 134 Å². The Balaban J connectivity index is 2.43. The summed E-state index contributed by atoms with van der Waals surface area (Å²) in [6, 6.07) is 3.73. The molecule has 1 fully saturated rings. The summed E-state index contributed by atoms with van der Waals surface area (Å²) in [5.74, 6) is -0.477. The molecule has 1 heterocycles.